The fourth-order valence-electron chi connectivity index (χ4n) is 1.16. The van der Waals surface area contributed by atoms with Gasteiger partial charge in [-0.25, -0.2) is 4.79 Å². The summed E-state index contributed by atoms with van der Waals surface area (Å²) >= 11 is 0.928. The molecule has 2 aromatic rings. The van der Waals surface area contributed by atoms with Crippen molar-refractivity contribution >= 4 is 11.3 Å². The van der Waals surface area contributed by atoms with E-state index in [0.717, 1.165) is 22.5 Å². The van der Waals surface area contributed by atoms with Crippen LogP contribution in [0.5, 0.6) is 0 Å². The third-order valence-electron chi connectivity index (χ3n) is 1.90. The predicted molar refractivity (Wildman–Crippen MR) is 59.2 cm³/mol. The second-order valence-electron chi connectivity index (χ2n) is 3.10. The molecule has 0 unspecified atom stereocenters. The number of aromatic amines is 1. The van der Waals surface area contributed by atoms with Gasteiger partial charge < -0.3 is 0 Å². The van der Waals surface area contributed by atoms with Gasteiger partial charge in [-0.1, -0.05) is 41.2 Å². The van der Waals surface area contributed by atoms with Crippen molar-refractivity contribution in [3.05, 3.63) is 50.0 Å². The summed E-state index contributed by atoms with van der Waals surface area (Å²) in [5, 5.41) is 0.448. The summed E-state index contributed by atoms with van der Waals surface area (Å²) in [5.41, 5.74) is 1.30. The molecule has 76 valence electrons. The molecule has 1 N–H and O–H groups in total. The van der Waals surface area contributed by atoms with E-state index < -0.39 is 5.69 Å². The Labute approximate surface area is 89.3 Å². The van der Waals surface area contributed by atoms with Gasteiger partial charge in [-0.2, -0.15) is 4.98 Å². The Morgan fingerprint density at radius 3 is 2.47 bits per heavy atom. The number of benzene rings is 1. The molecule has 0 aliphatic heterocycles. The normalized spacial score (nSPS) is 10.2. The Balaban J connectivity index is 2.59. The van der Waals surface area contributed by atoms with Gasteiger partial charge in [0.05, 0.1) is 0 Å². The smallest absolute Gasteiger partial charge is 0.264 e. The number of aryl methyl sites for hydroxylation is 1. The first-order chi connectivity index (χ1) is 7.15. The van der Waals surface area contributed by atoms with E-state index in [2.05, 4.69) is 9.97 Å². The maximum atomic E-state index is 11.1. The second kappa shape index (κ2) is 3.78. The summed E-state index contributed by atoms with van der Waals surface area (Å²) in [5.74, 6) is 0. The number of aromatic nitrogens is 2. The Morgan fingerprint density at radius 1 is 1.20 bits per heavy atom. The van der Waals surface area contributed by atoms with Gasteiger partial charge in [0.25, 0.3) is 0 Å². The van der Waals surface area contributed by atoms with Crippen LogP contribution in [0, 0.1) is 6.92 Å². The highest BCUT2D eigenvalue weighted by Crippen LogP contribution is 2.17. The van der Waals surface area contributed by atoms with Gasteiger partial charge in [0, 0.05) is 5.56 Å². The van der Waals surface area contributed by atoms with E-state index in [-0.39, 0.29) is 4.87 Å². The monoisotopic (exact) mass is 220 g/mol. The van der Waals surface area contributed by atoms with Crippen molar-refractivity contribution in [1.29, 1.82) is 0 Å². The fourth-order valence-corrected chi connectivity index (χ4v) is 1.86. The first-order valence-corrected chi connectivity index (χ1v) is 5.15. The first kappa shape index (κ1) is 9.79. The van der Waals surface area contributed by atoms with E-state index in [0.29, 0.717) is 5.01 Å². The van der Waals surface area contributed by atoms with Gasteiger partial charge in [0.2, 0.25) is 0 Å². The van der Waals surface area contributed by atoms with Gasteiger partial charge in [-0.05, 0) is 6.92 Å². The minimum Gasteiger partial charge on any atom is -0.264 e. The molecule has 0 aliphatic carbocycles. The zero-order chi connectivity index (χ0) is 10.8. The summed E-state index contributed by atoms with van der Waals surface area (Å²) in [7, 11) is 0. The third kappa shape index (κ3) is 2.19. The first-order valence-electron chi connectivity index (χ1n) is 4.34. The zero-order valence-electron chi connectivity index (χ0n) is 7.98. The van der Waals surface area contributed by atoms with Crippen molar-refractivity contribution in [1.82, 2.24) is 9.97 Å². The SMILES string of the molecule is Cc1ccc(-c2nc(=O)[nH]c(=O)s2)cc1. The molecule has 1 heterocycles. The van der Waals surface area contributed by atoms with Gasteiger partial charge >= 0.3 is 10.6 Å². The number of nitrogens with one attached hydrogen (secondary N) is 1. The highest BCUT2D eigenvalue weighted by Gasteiger charge is 2.02. The maximum Gasteiger partial charge on any atom is 0.349 e. The Kier molecular flexibility index (Phi) is 2.47. The van der Waals surface area contributed by atoms with Crippen molar-refractivity contribution in [3.8, 4) is 10.6 Å². The molecule has 0 radical (unpaired) electrons. The lowest BCUT2D eigenvalue weighted by Crippen LogP contribution is -2.19. The topological polar surface area (TPSA) is 62.8 Å². The Morgan fingerprint density at radius 2 is 1.87 bits per heavy atom. The van der Waals surface area contributed by atoms with E-state index in [9.17, 15) is 9.59 Å². The zero-order valence-corrected chi connectivity index (χ0v) is 8.80. The third-order valence-corrected chi connectivity index (χ3v) is 2.71. The molecular weight excluding hydrogens is 212 g/mol. The van der Waals surface area contributed by atoms with Crippen molar-refractivity contribution in [2.24, 2.45) is 0 Å². The van der Waals surface area contributed by atoms with E-state index in [1.807, 2.05) is 31.2 Å². The Bertz CT molecular complexity index is 555. The van der Waals surface area contributed by atoms with Gasteiger partial charge in [0.1, 0.15) is 5.01 Å². The minimum absolute atomic E-state index is 0.384. The quantitative estimate of drug-likeness (QED) is 0.784. The van der Waals surface area contributed by atoms with Crippen molar-refractivity contribution < 1.29 is 0 Å². The molecule has 0 bridgehead atoms. The van der Waals surface area contributed by atoms with Gasteiger partial charge in [-0.3, -0.25) is 9.78 Å². The van der Waals surface area contributed by atoms with E-state index in [1.165, 1.54) is 0 Å². The maximum absolute atomic E-state index is 11.1. The molecule has 0 amide bonds. The predicted octanol–water partition coefficient (Wildman–Crippen LogP) is 1.17. The lowest BCUT2D eigenvalue weighted by atomic mass is 10.2. The average Bonchev–Trinajstić information content (AvgIpc) is 2.17. The van der Waals surface area contributed by atoms with Crippen LogP contribution >= 0.6 is 11.3 Å². The number of hydrogen-bond acceptors (Lipinski definition) is 4. The number of hydrogen-bond donors (Lipinski definition) is 1. The van der Waals surface area contributed by atoms with Crippen LogP contribution in [0.25, 0.3) is 10.6 Å². The summed E-state index contributed by atoms with van der Waals surface area (Å²) in [6.07, 6.45) is 0. The molecule has 0 saturated carbocycles. The van der Waals surface area contributed by atoms with Crippen LogP contribution < -0.4 is 10.6 Å². The summed E-state index contributed by atoms with van der Waals surface area (Å²) in [6.45, 7) is 1.97. The van der Waals surface area contributed by atoms with E-state index >= 15 is 0 Å². The van der Waals surface area contributed by atoms with Crippen LogP contribution in [0.2, 0.25) is 0 Å². The Hall–Kier alpha value is -1.75. The van der Waals surface area contributed by atoms with Crippen molar-refractivity contribution in [2.45, 2.75) is 6.92 Å². The molecule has 0 atom stereocenters. The van der Waals surface area contributed by atoms with E-state index in [4.69, 9.17) is 0 Å². The van der Waals surface area contributed by atoms with Crippen molar-refractivity contribution in [2.75, 3.05) is 0 Å². The molecule has 0 spiro atoms. The molecule has 0 fully saturated rings. The summed E-state index contributed by atoms with van der Waals surface area (Å²) in [4.78, 5) is 27.5. The van der Waals surface area contributed by atoms with Crippen LogP contribution in [0.3, 0.4) is 0 Å². The van der Waals surface area contributed by atoms with Gasteiger partial charge in [0.15, 0.2) is 0 Å². The second-order valence-corrected chi connectivity index (χ2v) is 4.06. The van der Waals surface area contributed by atoms with Crippen molar-refractivity contribution in [3.63, 3.8) is 0 Å². The summed E-state index contributed by atoms with van der Waals surface area (Å²) < 4.78 is 0. The van der Waals surface area contributed by atoms with Crippen LogP contribution in [-0.2, 0) is 0 Å². The number of rotatable bonds is 1. The van der Waals surface area contributed by atoms with Crippen LogP contribution in [0.15, 0.2) is 33.9 Å². The van der Waals surface area contributed by atoms with Crippen LogP contribution in [0.4, 0.5) is 0 Å². The fraction of sp³-hybridized carbons (Fsp3) is 0.100. The molecule has 2 rings (SSSR count). The molecule has 15 heavy (non-hydrogen) atoms. The molecule has 5 heteroatoms. The molecular formula is C10H8N2O2S. The number of H-pyrrole nitrogens is 1. The molecule has 4 nitrogen and oxygen atoms in total. The summed E-state index contributed by atoms with van der Waals surface area (Å²) in [6, 6.07) is 7.50. The average molecular weight is 220 g/mol. The molecule has 0 aliphatic rings. The highest BCUT2D eigenvalue weighted by molar-refractivity contribution is 7.12. The van der Waals surface area contributed by atoms with Gasteiger partial charge in [-0.15, -0.1) is 0 Å². The molecule has 0 saturated heterocycles. The number of nitrogens with zero attached hydrogens (tertiary/aromatic N) is 1. The molecule has 1 aromatic heterocycles. The lowest BCUT2D eigenvalue weighted by molar-refractivity contribution is 1.09. The lowest BCUT2D eigenvalue weighted by Gasteiger charge is -1.98. The minimum atomic E-state index is -0.602. The standard InChI is InChI=1S/C10H8N2O2S/c1-6-2-4-7(5-3-6)8-11-9(13)12-10(14)15-8/h2-5H,1H3,(H,12,13,14). The van der Waals surface area contributed by atoms with Crippen LogP contribution in [-0.4, -0.2) is 9.97 Å². The van der Waals surface area contributed by atoms with E-state index in [1.54, 1.807) is 0 Å². The molecule has 1 aromatic carbocycles. The largest absolute Gasteiger partial charge is 0.349 e. The van der Waals surface area contributed by atoms with Crippen LogP contribution in [0.1, 0.15) is 5.56 Å². The highest BCUT2D eigenvalue weighted by atomic mass is 32.1.